The second-order valence-electron chi connectivity index (χ2n) is 5.55. The first kappa shape index (κ1) is 15.7. The minimum absolute atomic E-state index is 0.0878. The lowest BCUT2D eigenvalue weighted by atomic mass is 10.0. The van der Waals surface area contributed by atoms with Crippen molar-refractivity contribution in [2.45, 2.75) is 46.0 Å². The Balaban J connectivity index is 2.46. The highest BCUT2D eigenvalue weighted by Crippen LogP contribution is 2.19. The second kappa shape index (κ2) is 7.95. The molecule has 106 valence electrons. The van der Waals surface area contributed by atoms with E-state index in [0.29, 0.717) is 24.8 Å². The predicted octanol–water partition coefficient (Wildman–Crippen LogP) is 3.51. The van der Waals surface area contributed by atoms with Crippen molar-refractivity contribution in [2.75, 3.05) is 11.9 Å². The Labute approximate surface area is 116 Å². The number of nitrogens with one attached hydrogen (secondary N) is 1. The average molecular weight is 262 g/mol. The van der Waals surface area contributed by atoms with Gasteiger partial charge in [0.05, 0.1) is 0 Å². The van der Waals surface area contributed by atoms with Crippen molar-refractivity contribution in [1.29, 1.82) is 0 Å². The van der Waals surface area contributed by atoms with E-state index in [9.17, 15) is 4.79 Å². The van der Waals surface area contributed by atoms with Crippen LogP contribution in [0.2, 0.25) is 0 Å². The molecule has 3 nitrogen and oxygen atoms in total. The maximum Gasteiger partial charge on any atom is 0.224 e. The van der Waals surface area contributed by atoms with Gasteiger partial charge in [-0.2, -0.15) is 0 Å². The lowest BCUT2D eigenvalue weighted by Crippen LogP contribution is -2.14. The molecular weight excluding hydrogens is 236 g/mol. The number of hydrogen-bond donors (Lipinski definition) is 2. The topological polar surface area (TPSA) is 55.1 Å². The fraction of sp³-hybridized carbons (Fsp3) is 0.562. The van der Waals surface area contributed by atoms with Gasteiger partial charge in [0.1, 0.15) is 0 Å². The van der Waals surface area contributed by atoms with Crippen molar-refractivity contribution in [1.82, 2.24) is 0 Å². The van der Waals surface area contributed by atoms with Crippen LogP contribution < -0.4 is 11.1 Å². The quantitative estimate of drug-likeness (QED) is 0.790. The van der Waals surface area contributed by atoms with Crippen molar-refractivity contribution in [3.63, 3.8) is 0 Å². The monoisotopic (exact) mass is 262 g/mol. The number of hydrogen-bond acceptors (Lipinski definition) is 2. The van der Waals surface area contributed by atoms with Crippen LogP contribution in [-0.4, -0.2) is 12.5 Å². The Morgan fingerprint density at radius 2 is 2.00 bits per heavy atom. The number of nitrogens with two attached hydrogens (primary N) is 1. The van der Waals surface area contributed by atoms with E-state index in [-0.39, 0.29) is 5.91 Å². The minimum Gasteiger partial charge on any atom is -0.330 e. The average Bonchev–Trinajstić information content (AvgIpc) is 2.37. The number of amides is 1. The van der Waals surface area contributed by atoms with E-state index in [0.717, 1.165) is 18.5 Å². The molecule has 19 heavy (non-hydrogen) atoms. The largest absolute Gasteiger partial charge is 0.330 e. The summed E-state index contributed by atoms with van der Waals surface area (Å²) >= 11 is 0. The van der Waals surface area contributed by atoms with Gasteiger partial charge in [-0.25, -0.2) is 0 Å². The van der Waals surface area contributed by atoms with Crippen LogP contribution in [0, 0.1) is 5.92 Å². The highest BCUT2D eigenvalue weighted by Gasteiger charge is 2.07. The normalized spacial score (nSPS) is 12.5. The van der Waals surface area contributed by atoms with Crippen molar-refractivity contribution < 1.29 is 4.79 Å². The first-order chi connectivity index (χ1) is 9.02. The molecule has 3 N–H and O–H groups in total. The molecule has 0 aliphatic rings. The lowest BCUT2D eigenvalue weighted by Gasteiger charge is -2.11. The van der Waals surface area contributed by atoms with Gasteiger partial charge in [-0.1, -0.05) is 32.9 Å². The molecule has 0 aliphatic heterocycles. The molecular formula is C16H26N2O. The third kappa shape index (κ3) is 5.88. The Hall–Kier alpha value is -1.35. The molecule has 1 aromatic rings. The van der Waals surface area contributed by atoms with Crippen LogP contribution in [0.3, 0.4) is 0 Å². The van der Waals surface area contributed by atoms with Crippen LogP contribution in [0.25, 0.3) is 0 Å². The summed E-state index contributed by atoms with van der Waals surface area (Å²) in [6, 6.07) is 8.06. The number of rotatable bonds is 7. The van der Waals surface area contributed by atoms with E-state index in [4.69, 9.17) is 5.73 Å². The van der Waals surface area contributed by atoms with E-state index < -0.39 is 0 Å². The van der Waals surface area contributed by atoms with E-state index in [1.54, 1.807) is 0 Å². The van der Waals surface area contributed by atoms with Gasteiger partial charge in [0.25, 0.3) is 0 Å². The van der Waals surface area contributed by atoms with Crippen LogP contribution in [0.15, 0.2) is 24.3 Å². The minimum atomic E-state index is 0.0878. The van der Waals surface area contributed by atoms with E-state index in [1.165, 1.54) is 5.56 Å². The Morgan fingerprint density at radius 3 is 2.63 bits per heavy atom. The summed E-state index contributed by atoms with van der Waals surface area (Å²) in [7, 11) is 0. The molecule has 1 unspecified atom stereocenters. The maximum absolute atomic E-state index is 11.9. The van der Waals surface area contributed by atoms with E-state index >= 15 is 0 Å². The zero-order valence-corrected chi connectivity index (χ0v) is 12.3. The summed E-state index contributed by atoms with van der Waals surface area (Å²) in [6.45, 7) is 7.13. The van der Waals surface area contributed by atoms with E-state index in [2.05, 4.69) is 32.2 Å². The zero-order chi connectivity index (χ0) is 14.3. The van der Waals surface area contributed by atoms with Gasteiger partial charge in [-0.3, -0.25) is 4.79 Å². The van der Waals surface area contributed by atoms with Gasteiger partial charge in [-0.05, 0) is 48.9 Å². The molecule has 0 heterocycles. The molecule has 0 fully saturated rings. The Bertz CT molecular complexity index is 401. The Kier molecular flexibility index (Phi) is 6.57. The lowest BCUT2D eigenvalue weighted by molar-refractivity contribution is -0.116. The van der Waals surface area contributed by atoms with Crippen molar-refractivity contribution >= 4 is 11.6 Å². The smallest absolute Gasteiger partial charge is 0.224 e. The predicted molar refractivity (Wildman–Crippen MR) is 81.2 cm³/mol. The molecule has 3 heteroatoms. The van der Waals surface area contributed by atoms with Crippen LogP contribution in [-0.2, 0) is 4.79 Å². The summed E-state index contributed by atoms with van der Waals surface area (Å²) < 4.78 is 0. The molecule has 1 amide bonds. The Morgan fingerprint density at radius 1 is 1.26 bits per heavy atom. The molecule has 0 spiro atoms. The van der Waals surface area contributed by atoms with Gasteiger partial charge in [0, 0.05) is 12.1 Å². The van der Waals surface area contributed by atoms with Gasteiger partial charge >= 0.3 is 0 Å². The maximum atomic E-state index is 11.9. The van der Waals surface area contributed by atoms with Gasteiger partial charge < -0.3 is 11.1 Å². The molecule has 1 atom stereocenters. The first-order valence-corrected chi connectivity index (χ1v) is 7.12. The van der Waals surface area contributed by atoms with Crippen molar-refractivity contribution in [3.05, 3.63) is 29.8 Å². The number of carbonyl (C=O) groups excluding carboxylic acids is 1. The number of benzene rings is 1. The number of anilines is 1. The summed E-state index contributed by atoms with van der Waals surface area (Å²) in [5, 5.41) is 2.96. The van der Waals surface area contributed by atoms with E-state index in [1.807, 2.05) is 18.2 Å². The molecule has 1 rings (SSSR count). The fourth-order valence-electron chi connectivity index (χ4n) is 2.01. The van der Waals surface area contributed by atoms with Crippen molar-refractivity contribution in [3.8, 4) is 0 Å². The van der Waals surface area contributed by atoms with Crippen LogP contribution in [0.5, 0.6) is 0 Å². The van der Waals surface area contributed by atoms with Gasteiger partial charge in [0.15, 0.2) is 0 Å². The third-order valence-electron chi connectivity index (χ3n) is 3.36. The fourth-order valence-corrected chi connectivity index (χ4v) is 2.01. The van der Waals surface area contributed by atoms with Crippen LogP contribution >= 0.6 is 0 Å². The van der Waals surface area contributed by atoms with Crippen LogP contribution in [0.4, 0.5) is 5.69 Å². The third-order valence-corrected chi connectivity index (χ3v) is 3.36. The molecule has 0 aromatic heterocycles. The summed E-state index contributed by atoms with van der Waals surface area (Å²) in [6.07, 6.45) is 2.44. The highest BCUT2D eigenvalue weighted by atomic mass is 16.1. The molecule has 1 aromatic carbocycles. The molecule has 0 bridgehead atoms. The molecule has 0 radical (unpaired) electrons. The summed E-state index contributed by atoms with van der Waals surface area (Å²) in [4.78, 5) is 11.9. The molecule has 0 saturated heterocycles. The highest BCUT2D eigenvalue weighted by molar-refractivity contribution is 5.90. The SMILES string of the molecule is CC(CCN)CCC(=O)Nc1cccc(C(C)C)c1. The number of carbonyl (C=O) groups is 1. The van der Waals surface area contributed by atoms with Crippen LogP contribution in [0.1, 0.15) is 51.5 Å². The molecule has 0 aliphatic carbocycles. The summed E-state index contributed by atoms with van der Waals surface area (Å²) in [5.74, 6) is 1.07. The first-order valence-electron chi connectivity index (χ1n) is 7.12. The molecule has 0 saturated carbocycles. The second-order valence-corrected chi connectivity index (χ2v) is 5.55. The van der Waals surface area contributed by atoms with Gasteiger partial charge in [-0.15, -0.1) is 0 Å². The standard InChI is InChI=1S/C16H26N2O/c1-12(2)14-5-4-6-15(11-14)18-16(19)8-7-13(3)9-10-17/h4-6,11-13H,7-10,17H2,1-3H3,(H,18,19). The van der Waals surface area contributed by atoms with Gasteiger partial charge in [0.2, 0.25) is 5.91 Å². The summed E-state index contributed by atoms with van der Waals surface area (Å²) in [5.41, 5.74) is 7.64. The zero-order valence-electron chi connectivity index (χ0n) is 12.3. The van der Waals surface area contributed by atoms with Crippen molar-refractivity contribution in [2.24, 2.45) is 11.7 Å².